The van der Waals surface area contributed by atoms with E-state index in [1.807, 2.05) is 13.0 Å². The van der Waals surface area contributed by atoms with Gasteiger partial charge in [0, 0.05) is 5.56 Å². The minimum absolute atomic E-state index is 0.0700. The molecule has 1 rings (SSSR count). The van der Waals surface area contributed by atoms with E-state index in [-0.39, 0.29) is 15.6 Å². The van der Waals surface area contributed by atoms with Gasteiger partial charge in [0.1, 0.15) is 5.75 Å². The molecule has 0 aliphatic heterocycles. The summed E-state index contributed by atoms with van der Waals surface area (Å²) in [4.78, 5) is 10.7. The van der Waals surface area contributed by atoms with Gasteiger partial charge in [-0.1, -0.05) is 20.8 Å². The van der Waals surface area contributed by atoms with E-state index in [1.165, 1.54) is 0 Å². The summed E-state index contributed by atoms with van der Waals surface area (Å²) < 4.78 is 6.13. The Morgan fingerprint density at radius 1 is 1.21 bits per heavy atom. The van der Waals surface area contributed by atoms with Gasteiger partial charge in [0.2, 0.25) is 8.32 Å². The topological polar surface area (TPSA) is 52.4 Å². The van der Waals surface area contributed by atoms with Crippen molar-refractivity contribution in [2.24, 2.45) is 0 Å². The Labute approximate surface area is 116 Å². The van der Waals surface area contributed by atoms with Gasteiger partial charge in [-0.25, -0.2) is 0 Å². The molecule has 0 saturated heterocycles. The third-order valence-electron chi connectivity index (χ3n) is 3.99. The minimum Gasteiger partial charge on any atom is -0.543 e. The molecule has 0 fully saturated rings. The molecule has 1 aromatic carbocycles. The highest BCUT2D eigenvalue weighted by Crippen LogP contribution is 2.38. The summed E-state index contributed by atoms with van der Waals surface area (Å²) in [6, 6.07) is 3.44. The number of rotatable bonds is 3. The van der Waals surface area contributed by atoms with Gasteiger partial charge in [0.25, 0.3) is 5.69 Å². The third kappa shape index (κ3) is 3.35. The fraction of sp³-hybridized carbons (Fsp3) is 0.571. The zero-order valence-electron chi connectivity index (χ0n) is 12.8. The molecule has 0 spiro atoms. The fourth-order valence-electron chi connectivity index (χ4n) is 1.50. The number of nitro benzene ring substituents is 1. The Morgan fingerprint density at radius 3 is 2.16 bits per heavy atom. The quantitative estimate of drug-likeness (QED) is 0.462. The van der Waals surface area contributed by atoms with Crippen LogP contribution in [0.15, 0.2) is 12.1 Å². The van der Waals surface area contributed by atoms with Crippen LogP contribution in [0.1, 0.15) is 31.9 Å². The summed E-state index contributed by atoms with van der Waals surface area (Å²) in [6.45, 7) is 14.4. The van der Waals surface area contributed by atoms with Crippen molar-refractivity contribution in [3.63, 3.8) is 0 Å². The van der Waals surface area contributed by atoms with Gasteiger partial charge in [0.15, 0.2) is 0 Å². The maximum atomic E-state index is 11.1. The molecule has 1 aromatic rings. The lowest BCUT2D eigenvalue weighted by Crippen LogP contribution is -2.43. The molecular formula is C14H23NO3Si. The van der Waals surface area contributed by atoms with Gasteiger partial charge in [-0.15, -0.1) is 0 Å². The van der Waals surface area contributed by atoms with Gasteiger partial charge in [-0.05, 0) is 43.6 Å². The van der Waals surface area contributed by atoms with Crippen molar-refractivity contribution in [2.45, 2.75) is 52.8 Å². The molecule has 0 unspecified atom stereocenters. The van der Waals surface area contributed by atoms with E-state index in [0.29, 0.717) is 11.3 Å². The van der Waals surface area contributed by atoms with Crippen LogP contribution in [-0.2, 0) is 0 Å². The molecule has 0 aromatic heterocycles. The molecule has 19 heavy (non-hydrogen) atoms. The summed E-state index contributed by atoms with van der Waals surface area (Å²) >= 11 is 0. The van der Waals surface area contributed by atoms with E-state index in [0.717, 1.165) is 5.56 Å². The van der Waals surface area contributed by atoms with Crippen LogP contribution in [0.4, 0.5) is 5.69 Å². The van der Waals surface area contributed by atoms with Crippen molar-refractivity contribution in [1.29, 1.82) is 0 Å². The summed E-state index contributed by atoms with van der Waals surface area (Å²) in [7, 11) is -1.97. The summed E-state index contributed by atoms with van der Waals surface area (Å²) in [5, 5.41) is 11.1. The van der Waals surface area contributed by atoms with E-state index < -0.39 is 8.32 Å². The predicted molar refractivity (Wildman–Crippen MR) is 80.4 cm³/mol. The van der Waals surface area contributed by atoms with E-state index in [1.54, 1.807) is 13.0 Å². The van der Waals surface area contributed by atoms with Crippen LogP contribution >= 0.6 is 0 Å². The van der Waals surface area contributed by atoms with Crippen LogP contribution in [0.25, 0.3) is 0 Å². The molecule has 0 saturated carbocycles. The first-order valence-corrected chi connectivity index (χ1v) is 9.31. The molecule has 0 bridgehead atoms. The van der Waals surface area contributed by atoms with E-state index in [4.69, 9.17) is 4.43 Å². The van der Waals surface area contributed by atoms with Crippen LogP contribution in [0.5, 0.6) is 5.75 Å². The first kappa shape index (κ1) is 15.7. The largest absolute Gasteiger partial charge is 0.543 e. The van der Waals surface area contributed by atoms with Gasteiger partial charge in [0.05, 0.1) is 11.0 Å². The average molecular weight is 281 g/mol. The zero-order chi connectivity index (χ0) is 15.0. The van der Waals surface area contributed by atoms with Crippen LogP contribution in [0.3, 0.4) is 0 Å². The van der Waals surface area contributed by atoms with Gasteiger partial charge < -0.3 is 4.43 Å². The number of hydrogen-bond acceptors (Lipinski definition) is 3. The van der Waals surface area contributed by atoms with Gasteiger partial charge >= 0.3 is 0 Å². The van der Waals surface area contributed by atoms with Crippen molar-refractivity contribution in [3.05, 3.63) is 33.4 Å². The van der Waals surface area contributed by atoms with Crippen molar-refractivity contribution in [3.8, 4) is 5.75 Å². The average Bonchev–Trinajstić information content (AvgIpc) is 2.20. The van der Waals surface area contributed by atoms with Crippen molar-refractivity contribution in [1.82, 2.24) is 0 Å². The molecule has 0 aliphatic rings. The van der Waals surface area contributed by atoms with Crippen molar-refractivity contribution >= 4 is 14.0 Å². The molecule has 0 radical (unpaired) electrons. The molecule has 0 heterocycles. The maximum absolute atomic E-state index is 11.1. The Morgan fingerprint density at radius 2 is 1.74 bits per heavy atom. The summed E-state index contributed by atoms with van der Waals surface area (Å²) in [6.07, 6.45) is 0. The number of aryl methyl sites for hydroxylation is 1. The van der Waals surface area contributed by atoms with Crippen LogP contribution in [-0.4, -0.2) is 13.2 Å². The van der Waals surface area contributed by atoms with Gasteiger partial charge in [-0.3, -0.25) is 10.1 Å². The zero-order valence-corrected chi connectivity index (χ0v) is 13.8. The fourth-order valence-corrected chi connectivity index (χ4v) is 2.52. The molecular weight excluding hydrogens is 258 g/mol. The molecule has 0 aliphatic carbocycles. The second kappa shape index (κ2) is 4.96. The van der Waals surface area contributed by atoms with Crippen LogP contribution in [0, 0.1) is 24.0 Å². The normalized spacial score (nSPS) is 12.4. The standard InChI is InChI=1S/C14H23NO3Si/c1-10-8-12(9-13(11(10)2)15(16)17)18-19(6,7)14(3,4)5/h8-9H,1-7H3. The third-order valence-corrected chi connectivity index (χ3v) is 8.35. The lowest BCUT2D eigenvalue weighted by Gasteiger charge is -2.36. The summed E-state index contributed by atoms with van der Waals surface area (Å²) in [5.41, 5.74) is 1.73. The predicted octanol–water partition coefficient (Wildman–Crippen LogP) is 4.60. The Hall–Kier alpha value is -1.36. The first-order valence-electron chi connectivity index (χ1n) is 6.40. The Kier molecular flexibility index (Phi) is 4.10. The lowest BCUT2D eigenvalue weighted by atomic mass is 10.1. The lowest BCUT2D eigenvalue weighted by molar-refractivity contribution is -0.385. The first-order chi connectivity index (χ1) is 8.45. The minimum atomic E-state index is -1.97. The van der Waals surface area contributed by atoms with Crippen LogP contribution in [0.2, 0.25) is 18.1 Å². The monoisotopic (exact) mass is 281 g/mol. The maximum Gasteiger partial charge on any atom is 0.276 e. The van der Waals surface area contributed by atoms with E-state index in [9.17, 15) is 10.1 Å². The number of hydrogen-bond donors (Lipinski definition) is 0. The molecule has 0 N–H and O–H groups in total. The Bertz CT molecular complexity index is 504. The second-order valence-electron chi connectivity index (χ2n) is 6.50. The number of benzene rings is 1. The highest BCUT2D eigenvalue weighted by molar-refractivity contribution is 6.74. The number of nitro groups is 1. The second-order valence-corrected chi connectivity index (χ2v) is 11.2. The van der Waals surface area contributed by atoms with Crippen molar-refractivity contribution in [2.75, 3.05) is 0 Å². The van der Waals surface area contributed by atoms with Crippen LogP contribution < -0.4 is 4.43 Å². The molecule has 0 amide bonds. The molecule has 0 atom stereocenters. The smallest absolute Gasteiger partial charge is 0.276 e. The Balaban J connectivity index is 3.21. The number of nitrogens with zero attached hydrogens (tertiary/aromatic N) is 1. The molecule has 4 nitrogen and oxygen atoms in total. The van der Waals surface area contributed by atoms with E-state index in [2.05, 4.69) is 33.9 Å². The summed E-state index contributed by atoms with van der Waals surface area (Å²) in [5.74, 6) is 0.612. The SMILES string of the molecule is Cc1cc(O[Si](C)(C)C(C)(C)C)cc([N+](=O)[O-])c1C. The van der Waals surface area contributed by atoms with Gasteiger partial charge in [-0.2, -0.15) is 0 Å². The van der Waals surface area contributed by atoms with Crippen molar-refractivity contribution < 1.29 is 9.35 Å². The van der Waals surface area contributed by atoms with E-state index >= 15 is 0 Å². The highest BCUT2D eigenvalue weighted by Gasteiger charge is 2.39. The molecule has 106 valence electrons. The highest BCUT2D eigenvalue weighted by atomic mass is 28.4. The molecule has 5 heteroatoms.